The Bertz CT molecular complexity index is 256. The number of hydrogen-bond donors (Lipinski definition) is 0. The Morgan fingerprint density at radius 1 is 1.25 bits per heavy atom. The second kappa shape index (κ2) is 10.4. The number of nitrogens with zero attached hydrogens (tertiary/aromatic N) is 1. The second-order valence-corrected chi connectivity index (χ2v) is 3.84. The Balaban J connectivity index is 0. The van der Waals surface area contributed by atoms with Crippen LogP contribution in [0.5, 0.6) is 0 Å². The minimum absolute atomic E-state index is 0. The van der Waals surface area contributed by atoms with E-state index in [2.05, 4.69) is 18.8 Å². The fourth-order valence-electron chi connectivity index (χ4n) is 2.04. The molecule has 3 heteroatoms. The van der Waals surface area contributed by atoms with E-state index < -0.39 is 0 Å². The molecule has 2 aliphatic carbocycles. The van der Waals surface area contributed by atoms with Crippen LogP contribution in [0, 0.1) is 55.2 Å². The van der Waals surface area contributed by atoms with E-state index in [9.17, 15) is 0 Å². The van der Waals surface area contributed by atoms with Crippen molar-refractivity contribution in [1.29, 1.82) is 5.26 Å². The van der Waals surface area contributed by atoms with Gasteiger partial charge in [-0.3, -0.25) is 0 Å². The van der Waals surface area contributed by atoms with Crippen molar-refractivity contribution in [2.45, 2.75) is 32.5 Å². The fourth-order valence-corrected chi connectivity index (χ4v) is 2.04. The van der Waals surface area contributed by atoms with Crippen molar-refractivity contribution in [2.24, 2.45) is 17.8 Å². The molecule has 1 fully saturated rings. The van der Waals surface area contributed by atoms with E-state index in [1.165, 1.54) is 20.1 Å². The van der Waals surface area contributed by atoms with E-state index in [1.54, 1.807) is 12.8 Å². The summed E-state index contributed by atoms with van der Waals surface area (Å²) in [6.45, 7) is 5.82. The van der Waals surface area contributed by atoms with Gasteiger partial charge in [-0.15, -0.1) is 11.8 Å². The molecule has 0 aliphatic heterocycles. The predicted octanol–water partition coefficient (Wildman–Crippen LogP) is 2.93. The van der Waals surface area contributed by atoms with Crippen molar-refractivity contribution in [2.75, 3.05) is 0 Å². The Hall–Kier alpha value is 0.219. The van der Waals surface area contributed by atoms with E-state index in [4.69, 9.17) is 5.26 Å². The van der Waals surface area contributed by atoms with Gasteiger partial charge in [-0.25, -0.2) is 5.26 Å². The molecule has 0 N–H and O–H groups in total. The molecule has 3 atom stereocenters. The zero-order valence-corrected chi connectivity index (χ0v) is 13.2. The van der Waals surface area contributed by atoms with E-state index in [0.29, 0.717) is 0 Å². The molecule has 16 heavy (non-hydrogen) atoms. The first-order chi connectivity index (χ1) is 6.81. The third-order valence-electron chi connectivity index (χ3n) is 2.97. The average Bonchev–Trinajstić information content (AvgIpc) is 2.74. The van der Waals surface area contributed by atoms with E-state index in [0.717, 1.165) is 30.6 Å². The Kier molecular flexibility index (Phi) is 12.1. The van der Waals surface area contributed by atoms with Crippen molar-refractivity contribution in [3.8, 4) is 17.8 Å². The summed E-state index contributed by atoms with van der Waals surface area (Å²) in [6.07, 6.45) is 4.86. The van der Waals surface area contributed by atoms with Crippen LogP contribution in [0.15, 0.2) is 0 Å². The number of fused-ring (bicyclic) bond motifs is 1. The molecular weight excluding hydrogens is 270 g/mol. The van der Waals surface area contributed by atoms with Gasteiger partial charge in [0.15, 0.2) is 0 Å². The summed E-state index contributed by atoms with van der Waals surface area (Å²) in [5, 5.41) is 7.57. The molecule has 2 rings (SSSR count). The molecule has 0 amide bonds. The first-order valence-corrected chi connectivity index (χ1v) is 5.27. The summed E-state index contributed by atoms with van der Waals surface area (Å²) in [5.74, 6) is 10.8. The summed E-state index contributed by atoms with van der Waals surface area (Å²) in [5.41, 5.74) is 0. The van der Waals surface area contributed by atoms with Crippen LogP contribution in [0.1, 0.15) is 25.7 Å². The van der Waals surface area contributed by atoms with Gasteiger partial charge in [0.2, 0.25) is 0 Å². The van der Waals surface area contributed by atoms with Crippen LogP contribution >= 0.6 is 0 Å². The van der Waals surface area contributed by atoms with Gasteiger partial charge in [0.05, 0.1) is 0 Å². The van der Waals surface area contributed by atoms with Crippen LogP contribution in [0.3, 0.4) is 0 Å². The van der Waals surface area contributed by atoms with Gasteiger partial charge in [0.1, 0.15) is 0 Å². The van der Waals surface area contributed by atoms with Gasteiger partial charge in [-0.2, -0.15) is 5.92 Å². The zero-order valence-electron chi connectivity index (χ0n) is 10.4. The van der Waals surface area contributed by atoms with Crippen LogP contribution in [0.2, 0.25) is 6.82 Å². The third kappa shape index (κ3) is 6.08. The SMILES string of the molecule is C[B]C#N.[CH2-]C1[C@H]2CCC#CCC[C@@H]12.[CH3-].[Y]. The van der Waals surface area contributed by atoms with Crippen LogP contribution in [-0.4, -0.2) is 7.28 Å². The topological polar surface area (TPSA) is 23.8 Å². The fraction of sp³-hybridized carbons (Fsp3) is 0.615. The molecule has 2 radical (unpaired) electrons. The molecule has 2 aliphatic rings. The molecule has 1 unspecified atom stereocenters. The summed E-state index contributed by atoms with van der Waals surface area (Å²) in [7, 11) is 1.43. The average molecular weight is 289 g/mol. The first-order valence-electron chi connectivity index (χ1n) is 5.27. The molecule has 0 aromatic heterocycles. The van der Waals surface area contributed by atoms with Crippen molar-refractivity contribution < 1.29 is 32.7 Å². The molecule has 1 nitrogen and oxygen atoms in total. The van der Waals surface area contributed by atoms with E-state index in [1.807, 2.05) is 0 Å². The van der Waals surface area contributed by atoms with Crippen molar-refractivity contribution >= 4 is 7.28 Å². The quantitative estimate of drug-likeness (QED) is 0.382. The van der Waals surface area contributed by atoms with Crippen LogP contribution in [-0.2, 0) is 32.7 Å². The molecule has 0 spiro atoms. The maximum Gasteiger partial charge on any atom is 0.251 e. The van der Waals surface area contributed by atoms with Crippen LogP contribution in [0.25, 0.3) is 0 Å². The van der Waals surface area contributed by atoms with Gasteiger partial charge < -0.3 is 14.4 Å². The normalized spacial score (nSPS) is 28.4. The molecule has 1 saturated carbocycles. The summed E-state index contributed by atoms with van der Waals surface area (Å²) >= 11 is 0. The van der Waals surface area contributed by atoms with Crippen LogP contribution in [0.4, 0.5) is 0 Å². The number of rotatable bonds is 0. The summed E-state index contributed by atoms with van der Waals surface area (Å²) in [4.78, 5) is 0. The standard InChI is InChI=1S/C10H13.C2H3BN.CH3.Y/c1-8-9-6-4-2-3-5-7-10(8)9;1-3-2-4;;/h8-10H,1,4-7H2;1H3;1H3;/q-1;;-1;/t8?,9-,10+;;;. The number of nitriles is 1. The minimum atomic E-state index is 0. The largest absolute Gasteiger partial charge is 0.358 e. The van der Waals surface area contributed by atoms with Crippen LogP contribution < -0.4 is 0 Å². The Morgan fingerprint density at radius 3 is 1.94 bits per heavy atom. The molecule has 0 saturated heterocycles. The van der Waals surface area contributed by atoms with Crippen molar-refractivity contribution in [3.63, 3.8) is 0 Å². The Labute approximate surface area is 127 Å². The monoisotopic (exact) mass is 289 g/mol. The zero-order chi connectivity index (χ0) is 10.4. The molecule has 84 valence electrons. The van der Waals surface area contributed by atoms with Gasteiger partial charge in [-0.1, -0.05) is 18.7 Å². The van der Waals surface area contributed by atoms with Gasteiger partial charge >= 0.3 is 0 Å². The van der Waals surface area contributed by atoms with Gasteiger partial charge in [0, 0.05) is 45.6 Å². The van der Waals surface area contributed by atoms with Gasteiger partial charge in [-0.05, 0) is 18.8 Å². The maximum absolute atomic E-state index is 7.57. The third-order valence-corrected chi connectivity index (χ3v) is 2.97. The molecule has 0 aromatic carbocycles. The van der Waals surface area contributed by atoms with E-state index in [-0.39, 0.29) is 40.1 Å². The van der Waals surface area contributed by atoms with Gasteiger partial charge in [0.25, 0.3) is 7.28 Å². The molecule has 0 heterocycles. The molecular formula is C13H19BNY-2. The van der Waals surface area contributed by atoms with Crippen molar-refractivity contribution in [3.05, 3.63) is 14.4 Å². The van der Waals surface area contributed by atoms with Crippen molar-refractivity contribution in [1.82, 2.24) is 0 Å². The molecule has 0 aromatic rings. The second-order valence-electron chi connectivity index (χ2n) is 3.84. The maximum atomic E-state index is 7.57. The minimum Gasteiger partial charge on any atom is -0.358 e. The van der Waals surface area contributed by atoms with E-state index >= 15 is 0 Å². The smallest absolute Gasteiger partial charge is 0.251 e. The molecule has 0 bridgehead atoms. The predicted molar refractivity (Wildman–Crippen MR) is 65.7 cm³/mol. The number of hydrogen-bond acceptors (Lipinski definition) is 1. The summed E-state index contributed by atoms with van der Waals surface area (Å²) < 4.78 is 0. The summed E-state index contributed by atoms with van der Waals surface area (Å²) in [6, 6.07) is 0. The first kappa shape index (κ1) is 18.6. The Morgan fingerprint density at radius 2 is 1.62 bits per heavy atom.